The van der Waals surface area contributed by atoms with Crippen LogP contribution < -0.4 is 20.9 Å². The van der Waals surface area contributed by atoms with Crippen molar-refractivity contribution in [2.24, 2.45) is 4.99 Å². The summed E-state index contributed by atoms with van der Waals surface area (Å²) in [6, 6.07) is 18.8. The van der Waals surface area contributed by atoms with E-state index in [4.69, 9.17) is 0 Å². The Balaban J connectivity index is 0.00000320. The number of thioether (sulfide) groups is 1. The Hall–Kier alpha value is -1.94. The van der Waals surface area contributed by atoms with Gasteiger partial charge in [0.25, 0.3) is 0 Å². The Morgan fingerprint density at radius 1 is 1.17 bits per heavy atom. The lowest BCUT2D eigenvalue weighted by Gasteiger charge is -2.28. The molecular formula is C22H30IN5OS. The van der Waals surface area contributed by atoms with Crippen molar-refractivity contribution in [3.05, 3.63) is 60.2 Å². The number of nitrogens with zero attached hydrogens (tertiary/aromatic N) is 2. The fraction of sp³-hybridized carbons (Fsp3) is 0.364. The van der Waals surface area contributed by atoms with Gasteiger partial charge in [0.15, 0.2) is 5.96 Å². The summed E-state index contributed by atoms with van der Waals surface area (Å²) in [4.78, 5) is 19.2. The van der Waals surface area contributed by atoms with Gasteiger partial charge in [0.1, 0.15) is 0 Å². The van der Waals surface area contributed by atoms with Crippen molar-refractivity contribution in [1.82, 2.24) is 16.0 Å². The van der Waals surface area contributed by atoms with E-state index in [1.165, 1.54) is 10.5 Å². The minimum Gasteiger partial charge on any atom is -0.360 e. The summed E-state index contributed by atoms with van der Waals surface area (Å²) in [6.07, 6.45) is 0. The topological polar surface area (TPSA) is 68.8 Å². The van der Waals surface area contributed by atoms with Gasteiger partial charge in [-0.1, -0.05) is 37.3 Å². The van der Waals surface area contributed by atoms with Crippen molar-refractivity contribution in [1.29, 1.82) is 0 Å². The van der Waals surface area contributed by atoms with Crippen molar-refractivity contribution in [2.45, 2.75) is 23.6 Å². The van der Waals surface area contributed by atoms with Crippen LogP contribution in [0.15, 0.2) is 64.5 Å². The first-order valence-corrected chi connectivity index (χ1v) is 10.8. The molecule has 1 aliphatic rings. The number of piperazine rings is 1. The lowest BCUT2D eigenvalue weighted by Crippen LogP contribution is -2.47. The monoisotopic (exact) mass is 539 g/mol. The van der Waals surface area contributed by atoms with E-state index >= 15 is 0 Å². The summed E-state index contributed by atoms with van der Waals surface area (Å²) in [5.41, 5.74) is 2.25. The molecule has 0 spiro atoms. The van der Waals surface area contributed by atoms with E-state index in [1.54, 1.807) is 7.05 Å². The van der Waals surface area contributed by atoms with Crippen LogP contribution in [0.3, 0.4) is 0 Å². The van der Waals surface area contributed by atoms with Crippen LogP contribution >= 0.6 is 35.7 Å². The third kappa shape index (κ3) is 7.71. The van der Waals surface area contributed by atoms with Crippen molar-refractivity contribution < 1.29 is 4.79 Å². The van der Waals surface area contributed by atoms with Crippen LogP contribution in [0.25, 0.3) is 0 Å². The summed E-state index contributed by atoms with van der Waals surface area (Å²) < 4.78 is 0. The van der Waals surface area contributed by atoms with Crippen molar-refractivity contribution >= 4 is 53.3 Å². The highest BCUT2D eigenvalue weighted by Gasteiger charge is 2.16. The molecule has 1 saturated heterocycles. The Bertz CT molecular complexity index is 816. The molecule has 1 amide bonds. The number of rotatable bonds is 7. The second-order valence-electron chi connectivity index (χ2n) is 6.99. The van der Waals surface area contributed by atoms with Gasteiger partial charge >= 0.3 is 0 Å². The lowest BCUT2D eigenvalue weighted by molar-refractivity contribution is -0.120. The Morgan fingerprint density at radius 2 is 1.90 bits per heavy atom. The van der Waals surface area contributed by atoms with Crippen LogP contribution in [0.5, 0.6) is 0 Å². The van der Waals surface area contributed by atoms with Crippen LogP contribution in [0, 0.1) is 0 Å². The maximum atomic E-state index is 11.6. The molecule has 0 aromatic heterocycles. The molecule has 3 N–H and O–H groups in total. The quantitative estimate of drug-likeness (QED) is 0.219. The molecule has 1 fully saturated rings. The third-order valence-corrected chi connectivity index (χ3v) is 5.77. The maximum Gasteiger partial charge on any atom is 0.239 e. The number of anilines is 1. The molecule has 1 atom stereocenters. The highest BCUT2D eigenvalue weighted by molar-refractivity contribution is 14.0. The first-order chi connectivity index (χ1) is 14.1. The fourth-order valence-electron chi connectivity index (χ4n) is 3.10. The van der Waals surface area contributed by atoms with Gasteiger partial charge in [-0.15, -0.1) is 35.7 Å². The molecule has 2 aromatic carbocycles. The number of halogens is 1. The Kier molecular flexibility index (Phi) is 10.3. The molecule has 8 heteroatoms. The molecule has 1 unspecified atom stereocenters. The predicted octanol–water partition coefficient (Wildman–Crippen LogP) is 3.09. The summed E-state index contributed by atoms with van der Waals surface area (Å²) >= 11 is 1.85. The van der Waals surface area contributed by atoms with E-state index in [1.807, 2.05) is 17.8 Å². The molecule has 2 aromatic rings. The zero-order valence-corrected chi connectivity index (χ0v) is 20.6. The number of aliphatic imine (C=N–C) groups is 1. The van der Waals surface area contributed by atoms with E-state index in [0.717, 1.165) is 24.7 Å². The van der Waals surface area contributed by atoms with E-state index in [9.17, 15) is 4.79 Å². The van der Waals surface area contributed by atoms with Crippen molar-refractivity contribution in [3.63, 3.8) is 0 Å². The lowest BCUT2D eigenvalue weighted by atomic mass is 10.2. The van der Waals surface area contributed by atoms with E-state index < -0.39 is 0 Å². The highest BCUT2D eigenvalue weighted by Crippen LogP contribution is 2.22. The fourth-order valence-corrected chi connectivity index (χ4v) is 4.05. The molecule has 0 saturated carbocycles. The molecule has 162 valence electrons. The smallest absolute Gasteiger partial charge is 0.239 e. The molecule has 0 aliphatic carbocycles. The van der Waals surface area contributed by atoms with Gasteiger partial charge in [-0.25, -0.2) is 0 Å². The van der Waals surface area contributed by atoms with Crippen LogP contribution in [0.2, 0.25) is 0 Å². The molecule has 1 heterocycles. The number of amides is 1. The second kappa shape index (κ2) is 12.7. The Morgan fingerprint density at radius 3 is 2.57 bits per heavy atom. The average molecular weight is 539 g/mol. The maximum absolute atomic E-state index is 11.6. The normalized spacial score (nSPS) is 15.1. The summed E-state index contributed by atoms with van der Waals surface area (Å²) in [7, 11) is 1.79. The predicted molar refractivity (Wildman–Crippen MR) is 137 cm³/mol. The molecule has 1 aliphatic heterocycles. The van der Waals surface area contributed by atoms with Crippen LogP contribution in [-0.2, 0) is 11.3 Å². The van der Waals surface area contributed by atoms with Gasteiger partial charge in [0.2, 0.25) is 5.91 Å². The number of guanidine groups is 1. The number of benzene rings is 2. The van der Waals surface area contributed by atoms with Gasteiger partial charge in [0, 0.05) is 49.1 Å². The van der Waals surface area contributed by atoms with Gasteiger partial charge in [-0.05, 0) is 29.8 Å². The van der Waals surface area contributed by atoms with E-state index in [2.05, 4.69) is 81.3 Å². The van der Waals surface area contributed by atoms with Gasteiger partial charge in [0.05, 0.1) is 6.54 Å². The first kappa shape index (κ1) is 24.3. The van der Waals surface area contributed by atoms with Crippen LogP contribution in [0.4, 0.5) is 5.69 Å². The summed E-state index contributed by atoms with van der Waals surface area (Å²) in [5, 5.41) is 10.0. The zero-order chi connectivity index (χ0) is 20.5. The van der Waals surface area contributed by atoms with Gasteiger partial charge < -0.3 is 20.9 Å². The molecule has 3 rings (SSSR count). The Labute approximate surface area is 200 Å². The van der Waals surface area contributed by atoms with Gasteiger partial charge in [-0.2, -0.15) is 0 Å². The summed E-state index contributed by atoms with van der Waals surface area (Å²) in [6.45, 7) is 5.70. The van der Waals surface area contributed by atoms with Gasteiger partial charge in [-0.3, -0.25) is 9.79 Å². The van der Waals surface area contributed by atoms with Crippen LogP contribution in [0.1, 0.15) is 12.5 Å². The number of hydrogen-bond acceptors (Lipinski definition) is 4. The van der Waals surface area contributed by atoms with E-state index in [0.29, 0.717) is 24.9 Å². The standard InChI is InChI=1S/C22H29N5OS.HI/c1-17(29-20-6-4-3-5-7-20)14-25-22(23-2)26-15-18-8-10-19(11-9-18)27-13-12-24-21(28)16-27;/h3-11,17H,12-16H2,1-2H3,(H,24,28)(H2,23,25,26);1H. The number of nitrogens with one attached hydrogen (secondary N) is 3. The molecule has 0 bridgehead atoms. The molecule has 30 heavy (non-hydrogen) atoms. The SMILES string of the molecule is CN=C(NCc1ccc(N2CCNC(=O)C2)cc1)NCC(C)Sc1ccccc1.I. The van der Waals surface area contributed by atoms with E-state index in [-0.39, 0.29) is 29.9 Å². The largest absolute Gasteiger partial charge is 0.360 e. The second-order valence-corrected chi connectivity index (χ2v) is 8.50. The first-order valence-electron chi connectivity index (χ1n) is 9.91. The third-order valence-electron chi connectivity index (χ3n) is 4.66. The number of carbonyl (C=O) groups is 1. The average Bonchev–Trinajstić information content (AvgIpc) is 2.75. The zero-order valence-electron chi connectivity index (χ0n) is 17.4. The minimum absolute atomic E-state index is 0. The molecule has 0 radical (unpaired) electrons. The number of hydrogen-bond donors (Lipinski definition) is 3. The highest BCUT2D eigenvalue weighted by atomic mass is 127. The summed E-state index contributed by atoms with van der Waals surface area (Å²) in [5.74, 6) is 0.874. The number of carbonyl (C=O) groups excluding carboxylic acids is 1. The molecular weight excluding hydrogens is 509 g/mol. The minimum atomic E-state index is 0. The van der Waals surface area contributed by atoms with Crippen LogP contribution in [-0.4, -0.2) is 50.3 Å². The molecule has 6 nitrogen and oxygen atoms in total. The van der Waals surface area contributed by atoms with Crippen molar-refractivity contribution in [3.8, 4) is 0 Å². The van der Waals surface area contributed by atoms with Crippen molar-refractivity contribution in [2.75, 3.05) is 38.1 Å².